The van der Waals surface area contributed by atoms with Gasteiger partial charge in [0, 0.05) is 17.7 Å². The maximum absolute atomic E-state index is 12.1. The summed E-state index contributed by atoms with van der Waals surface area (Å²) < 4.78 is 10.4. The van der Waals surface area contributed by atoms with Crippen LogP contribution in [0.15, 0.2) is 59.0 Å². The number of rotatable bonds is 6. The molecule has 9 heteroatoms. The molecule has 0 atom stereocenters. The molecule has 3 rings (SSSR count). The zero-order chi connectivity index (χ0) is 21.0. The summed E-state index contributed by atoms with van der Waals surface area (Å²) in [5, 5.41) is 13.8. The van der Waals surface area contributed by atoms with Crippen LogP contribution in [0.1, 0.15) is 16.1 Å². The van der Waals surface area contributed by atoms with Crippen LogP contribution in [-0.2, 0) is 9.53 Å². The van der Waals surface area contributed by atoms with Gasteiger partial charge in [-0.25, -0.2) is 4.79 Å². The lowest BCUT2D eigenvalue weighted by molar-refractivity contribution is -0.384. The Balaban J connectivity index is 1.61. The average Bonchev–Trinajstić information content (AvgIpc) is 3.18. The molecule has 0 bridgehead atoms. The fourth-order valence-electron chi connectivity index (χ4n) is 2.50. The summed E-state index contributed by atoms with van der Waals surface area (Å²) in [4.78, 5) is 34.5. The molecule has 2 aromatic carbocycles. The molecule has 0 saturated carbocycles. The van der Waals surface area contributed by atoms with E-state index in [1.165, 1.54) is 24.3 Å². The number of furan rings is 1. The highest BCUT2D eigenvalue weighted by Crippen LogP contribution is 2.29. The van der Waals surface area contributed by atoms with Gasteiger partial charge < -0.3 is 14.5 Å². The zero-order valence-electron chi connectivity index (χ0n) is 15.2. The molecule has 3 aromatic rings. The number of amides is 1. The molecular formula is C20H15ClN2O6. The number of aryl methyl sites for hydroxylation is 1. The number of hydrogen-bond donors (Lipinski definition) is 1. The molecule has 0 fully saturated rings. The van der Waals surface area contributed by atoms with Crippen molar-refractivity contribution in [1.82, 2.24) is 0 Å². The number of nitrogens with one attached hydrogen (secondary N) is 1. The van der Waals surface area contributed by atoms with E-state index < -0.39 is 23.4 Å². The second-order valence-corrected chi connectivity index (χ2v) is 6.43. The van der Waals surface area contributed by atoms with Gasteiger partial charge in [-0.15, -0.1) is 0 Å². The second-order valence-electron chi connectivity index (χ2n) is 6.02. The van der Waals surface area contributed by atoms with Crippen molar-refractivity contribution in [3.63, 3.8) is 0 Å². The van der Waals surface area contributed by atoms with Crippen molar-refractivity contribution in [2.75, 3.05) is 11.9 Å². The minimum Gasteiger partial charge on any atom is -0.450 e. The zero-order valence-corrected chi connectivity index (χ0v) is 15.9. The number of non-ortho nitro benzene ring substituents is 1. The van der Waals surface area contributed by atoms with Gasteiger partial charge in [-0.3, -0.25) is 14.9 Å². The molecule has 1 N–H and O–H groups in total. The van der Waals surface area contributed by atoms with Gasteiger partial charge in [0.2, 0.25) is 5.76 Å². The number of nitro benzene ring substituents is 1. The molecule has 29 heavy (non-hydrogen) atoms. The highest BCUT2D eigenvalue weighted by atomic mass is 35.5. The summed E-state index contributed by atoms with van der Waals surface area (Å²) in [6.07, 6.45) is 0. The standard InChI is InChI=1S/C20H15ClN2O6/c1-12-6-7-13(23(26)27)10-16(12)22-19(24)11-28-20(25)18-9-8-17(29-18)14-4-2-3-5-15(14)21/h2-10H,11H2,1H3,(H,22,24). The molecule has 1 heterocycles. The minimum atomic E-state index is -0.825. The molecule has 0 spiro atoms. The summed E-state index contributed by atoms with van der Waals surface area (Å²) in [7, 11) is 0. The number of ether oxygens (including phenoxy) is 1. The van der Waals surface area contributed by atoms with Crippen molar-refractivity contribution in [3.8, 4) is 11.3 Å². The van der Waals surface area contributed by atoms with E-state index in [-0.39, 0.29) is 17.1 Å². The third-order valence-corrected chi connectivity index (χ3v) is 4.32. The fourth-order valence-corrected chi connectivity index (χ4v) is 2.73. The number of nitro groups is 1. The summed E-state index contributed by atoms with van der Waals surface area (Å²) in [5.74, 6) is -1.16. The Hall–Kier alpha value is -3.65. The second kappa shape index (κ2) is 8.57. The van der Waals surface area contributed by atoms with E-state index in [4.69, 9.17) is 20.8 Å². The Morgan fingerprint density at radius 3 is 2.66 bits per heavy atom. The first-order valence-corrected chi connectivity index (χ1v) is 8.79. The fraction of sp³-hybridized carbons (Fsp3) is 0.100. The van der Waals surface area contributed by atoms with Gasteiger partial charge in [-0.05, 0) is 36.8 Å². The molecule has 0 aliphatic carbocycles. The molecule has 1 aromatic heterocycles. The molecule has 0 aliphatic heterocycles. The molecule has 0 radical (unpaired) electrons. The first-order valence-electron chi connectivity index (χ1n) is 8.42. The van der Waals surface area contributed by atoms with E-state index in [9.17, 15) is 19.7 Å². The lowest BCUT2D eigenvalue weighted by Gasteiger charge is -2.08. The van der Waals surface area contributed by atoms with Crippen molar-refractivity contribution in [2.45, 2.75) is 6.92 Å². The summed E-state index contributed by atoms with van der Waals surface area (Å²) in [6.45, 7) is 1.10. The van der Waals surface area contributed by atoms with E-state index >= 15 is 0 Å². The average molecular weight is 415 g/mol. The SMILES string of the molecule is Cc1ccc([N+](=O)[O-])cc1NC(=O)COC(=O)c1ccc(-c2ccccc2Cl)o1. The Bertz CT molecular complexity index is 1090. The maximum atomic E-state index is 12.1. The van der Waals surface area contributed by atoms with E-state index in [0.29, 0.717) is 21.9 Å². The number of esters is 1. The number of carbonyl (C=O) groups is 2. The predicted molar refractivity (Wildman–Crippen MR) is 106 cm³/mol. The summed E-state index contributed by atoms with van der Waals surface area (Å²) in [6, 6.07) is 14.1. The number of nitrogens with zero attached hydrogens (tertiary/aromatic N) is 1. The van der Waals surface area contributed by atoms with E-state index in [0.717, 1.165) is 0 Å². The first-order chi connectivity index (χ1) is 13.8. The van der Waals surface area contributed by atoms with Gasteiger partial charge in [0.05, 0.1) is 15.6 Å². The molecule has 0 aliphatic rings. The Morgan fingerprint density at radius 2 is 1.93 bits per heavy atom. The van der Waals surface area contributed by atoms with Crippen LogP contribution >= 0.6 is 11.6 Å². The Labute approximate surface area is 170 Å². The largest absolute Gasteiger partial charge is 0.450 e. The van der Waals surface area contributed by atoms with Gasteiger partial charge >= 0.3 is 5.97 Å². The van der Waals surface area contributed by atoms with Crippen LogP contribution in [-0.4, -0.2) is 23.4 Å². The van der Waals surface area contributed by atoms with Crippen LogP contribution in [0, 0.1) is 17.0 Å². The number of benzene rings is 2. The third kappa shape index (κ3) is 4.80. The van der Waals surface area contributed by atoms with Crippen LogP contribution in [0.2, 0.25) is 5.02 Å². The molecule has 8 nitrogen and oxygen atoms in total. The van der Waals surface area contributed by atoms with Gasteiger partial charge in [0.25, 0.3) is 11.6 Å². The van der Waals surface area contributed by atoms with Crippen LogP contribution in [0.4, 0.5) is 11.4 Å². The molecule has 1 amide bonds. The number of hydrogen-bond acceptors (Lipinski definition) is 6. The summed E-state index contributed by atoms with van der Waals surface area (Å²) in [5.41, 5.74) is 1.35. The number of carbonyl (C=O) groups excluding carboxylic acids is 2. The van der Waals surface area contributed by atoms with Gasteiger partial charge in [-0.2, -0.15) is 0 Å². The van der Waals surface area contributed by atoms with Gasteiger partial charge in [0.1, 0.15) is 5.76 Å². The predicted octanol–water partition coefficient (Wildman–Crippen LogP) is 4.61. The van der Waals surface area contributed by atoms with E-state index in [1.54, 1.807) is 37.3 Å². The molecule has 0 saturated heterocycles. The Kier molecular flexibility index (Phi) is 5.94. The number of halogens is 1. The summed E-state index contributed by atoms with van der Waals surface area (Å²) >= 11 is 6.10. The van der Waals surface area contributed by atoms with Crippen LogP contribution in [0.5, 0.6) is 0 Å². The van der Waals surface area contributed by atoms with Crippen molar-refractivity contribution < 1.29 is 23.7 Å². The highest BCUT2D eigenvalue weighted by Gasteiger charge is 2.17. The van der Waals surface area contributed by atoms with Crippen LogP contribution < -0.4 is 5.32 Å². The lowest BCUT2D eigenvalue weighted by Crippen LogP contribution is -2.21. The maximum Gasteiger partial charge on any atom is 0.374 e. The van der Waals surface area contributed by atoms with E-state index in [1.807, 2.05) is 0 Å². The molecule has 0 unspecified atom stereocenters. The van der Waals surface area contributed by atoms with Crippen LogP contribution in [0.25, 0.3) is 11.3 Å². The first kappa shape index (κ1) is 20.1. The lowest BCUT2D eigenvalue weighted by atomic mass is 10.2. The van der Waals surface area contributed by atoms with Crippen molar-refractivity contribution in [3.05, 3.63) is 81.1 Å². The van der Waals surface area contributed by atoms with Gasteiger partial charge in [-0.1, -0.05) is 29.8 Å². The highest BCUT2D eigenvalue weighted by molar-refractivity contribution is 6.33. The Morgan fingerprint density at radius 1 is 1.17 bits per heavy atom. The number of anilines is 1. The van der Waals surface area contributed by atoms with Crippen molar-refractivity contribution in [1.29, 1.82) is 0 Å². The van der Waals surface area contributed by atoms with E-state index in [2.05, 4.69) is 5.32 Å². The molecular weight excluding hydrogens is 400 g/mol. The van der Waals surface area contributed by atoms with Crippen LogP contribution in [0.3, 0.4) is 0 Å². The van der Waals surface area contributed by atoms with Crippen molar-refractivity contribution >= 4 is 34.9 Å². The normalized spacial score (nSPS) is 10.4. The topological polar surface area (TPSA) is 112 Å². The molecule has 148 valence electrons. The smallest absolute Gasteiger partial charge is 0.374 e. The van der Waals surface area contributed by atoms with Crippen molar-refractivity contribution in [2.24, 2.45) is 0 Å². The quantitative estimate of drug-likeness (QED) is 0.358. The third-order valence-electron chi connectivity index (χ3n) is 3.99. The van der Waals surface area contributed by atoms with Gasteiger partial charge in [0.15, 0.2) is 6.61 Å². The minimum absolute atomic E-state index is 0.0840. The monoisotopic (exact) mass is 414 g/mol.